The van der Waals surface area contributed by atoms with Crippen molar-refractivity contribution in [3.8, 4) is 28.6 Å². The molecule has 1 atom stereocenters. The smallest absolute Gasteiger partial charge is 0.222 e. The van der Waals surface area contributed by atoms with Crippen molar-refractivity contribution >= 4 is 0 Å². The van der Waals surface area contributed by atoms with Gasteiger partial charge in [-0.25, -0.2) is 9.07 Å². The van der Waals surface area contributed by atoms with E-state index in [1.807, 2.05) is 68.6 Å². The SMILES string of the molecule is Cc1ccccc1OC[C@@H](O)CN(Cc1c(-c2ccccc2)nn(C)c1Oc1cccc(F)c1)CC1CC1. The van der Waals surface area contributed by atoms with Crippen LogP contribution in [0.5, 0.6) is 17.4 Å². The summed E-state index contributed by atoms with van der Waals surface area (Å²) < 4.78 is 27.8. The first kappa shape index (κ1) is 25.9. The average Bonchev–Trinajstić information content (AvgIpc) is 3.68. The van der Waals surface area contributed by atoms with Crippen LogP contribution in [0.25, 0.3) is 11.3 Å². The largest absolute Gasteiger partial charge is 0.491 e. The van der Waals surface area contributed by atoms with Crippen LogP contribution >= 0.6 is 0 Å². The quantitative estimate of drug-likeness (QED) is 0.252. The van der Waals surface area contributed by atoms with Crippen molar-refractivity contribution in [1.29, 1.82) is 0 Å². The molecule has 6 nitrogen and oxygen atoms in total. The molecule has 0 amide bonds. The van der Waals surface area contributed by atoms with Crippen molar-refractivity contribution in [2.75, 3.05) is 19.7 Å². The second kappa shape index (κ2) is 11.8. The van der Waals surface area contributed by atoms with Crippen LogP contribution in [-0.4, -0.2) is 45.6 Å². The minimum atomic E-state index is -0.669. The van der Waals surface area contributed by atoms with Crippen LogP contribution in [0.2, 0.25) is 0 Å². The molecule has 0 saturated heterocycles. The zero-order valence-electron chi connectivity index (χ0n) is 21.9. The number of aliphatic hydroxyl groups is 1. The van der Waals surface area contributed by atoms with E-state index in [4.69, 9.17) is 14.6 Å². The molecule has 1 aliphatic carbocycles. The Labute approximate surface area is 223 Å². The molecule has 7 heteroatoms. The summed E-state index contributed by atoms with van der Waals surface area (Å²) in [5.74, 6) is 2.01. The minimum Gasteiger partial charge on any atom is -0.491 e. The lowest BCUT2D eigenvalue weighted by Crippen LogP contribution is -2.36. The van der Waals surface area contributed by atoms with Crippen molar-refractivity contribution < 1.29 is 19.0 Å². The lowest BCUT2D eigenvalue weighted by molar-refractivity contribution is 0.0635. The molecule has 0 unspecified atom stereocenters. The monoisotopic (exact) mass is 515 g/mol. The summed E-state index contributed by atoms with van der Waals surface area (Å²) in [5.41, 5.74) is 3.72. The van der Waals surface area contributed by atoms with Crippen LogP contribution in [0, 0.1) is 18.7 Å². The van der Waals surface area contributed by atoms with Gasteiger partial charge in [0.25, 0.3) is 0 Å². The number of halogens is 1. The first-order valence-electron chi connectivity index (χ1n) is 13.1. The Balaban J connectivity index is 1.40. The van der Waals surface area contributed by atoms with E-state index in [2.05, 4.69) is 4.90 Å². The number of aromatic nitrogens is 2. The highest BCUT2D eigenvalue weighted by molar-refractivity contribution is 5.65. The van der Waals surface area contributed by atoms with Gasteiger partial charge < -0.3 is 14.6 Å². The van der Waals surface area contributed by atoms with Crippen molar-refractivity contribution in [2.45, 2.75) is 32.4 Å². The summed E-state index contributed by atoms with van der Waals surface area (Å²) in [4.78, 5) is 2.26. The highest BCUT2D eigenvalue weighted by Gasteiger charge is 2.29. The maximum absolute atomic E-state index is 13.9. The highest BCUT2D eigenvalue weighted by atomic mass is 19.1. The van der Waals surface area contributed by atoms with Gasteiger partial charge in [0.15, 0.2) is 0 Å². The van der Waals surface area contributed by atoms with Gasteiger partial charge in [0.2, 0.25) is 5.88 Å². The molecular weight excluding hydrogens is 481 g/mol. The van der Waals surface area contributed by atoms with E-state index in [-0.39, 0.29) is 12.4 Å². The van der Waals surface area contributed by atoms with Crippen LogP contribution in [-0.2, 0) is 13.6 Å². The number of nitrogens with zero attached hydrogens (tertiary/aromatic N) is 3. The average molecular weight is 516 g/mol. The summed E-state index contributed by atoms with van der Waals surface area (Å²) >= 11 is 0. The zero-order chi connectivity index (χ0) is 26.5. The number of rotatable bonds is 12. The van der Waals surface area contributed by atoms with E-state index in [0.717, 1.165) is 34.7 Å². The second-order valence-electron chi connectivity index (χ2n) is 10.0. The molecule has 38 heavy (non-hydrogen) atoms. The van der Waals surface area contributed by atoms with Crippen molar-refractivity contribution in [2.24, 2.45) is 13.0 Å². The van der Waals surface area contributed by atoms with Gasteiger partial charge in [0.05, 0.1) is 5.56 Å². The van der Waals surface area contributed by atoms with E-state index >= 15 is 0 Å². The van der Waals surface area contributed by atoms with Gasteiger partial charge in [0, 0.05) is 38.3 Å². The predicted molar refractivity (Wildman–Crippen MR) is 146 cm³/mol. The van der Waals surface area contributed by atoms with Crippen LogP contribution in [0.4, 0.5) is 4.39 Å². The van der Waals surface area contributed by atoms with Crippen LogP contribution in [0.1, 0.15) is 24.0 Å². The lowest BCUT2D eigenvalue weighted by atomic mass is 10.1. The lowest BCUT2D eigenvalue weighted by Gasteiger charge is -2.26. The van der Waals surface area contributed by atoms with Crippen LogP contribution < -0.4 is 9.47 Å². The van der Waals surface area contributed by atoms with E-state index in [1.165, 1.54) is 25.0 Å². The third kappa shape index (κ3) is 6.60. The van der Waals surface area contributed by atoms with Crippen molar-refractivity contribution in [3.05, 3.63) is 95.8 Å². The predicted octanol–water partition coefficient (Wildman–Crippen LogP) is 5.98. The number of aliphatic hydroxyl groups excluding tert-OH is 1. The van der Waals surface area contributed by atoms with Crippen LogP contribution in [0.3, 0.4) is 0 Å². The number of aryl methyl sites for hydroxylation is 2. The standard InChI is InChI=1S/C31H34FN3O3/c1-22-9-6-7-14-29(22)37-21-26(36)19-35(18-23-15-16-23)20-28-30(24-10-4-3-5-11-24)33-34(2)31(28)38-27-13-8-12-25(32)17-27/h3-14,17,23,26,36H,15-16,18-21H2,1-2H3/t26-/m0/s1. The Bertz CT molecular complexity index is 1350. The van der Waals surface area contributed by atoms with Gasteiger partial charge >= 0.3 is 0 Å². The second-order valence-corrected chi connectivity index (χ2v) is 10.0. The van der Waals surface area contributed by atoms with Gasteiger partial charge in [-0.2, -0.15) is 5.10 Å². The molecule has 1 aromatic heterocycles. The minimum absolute atomic E-state index is 0.206. The number of para-hydroxylation sites is 1. The number of hydrogen-bond donors (Lipinski definition) is 1. The summed E-state index contributed by atoms with van der Waals surface area (Å²) in [7, 11) is 1.83. The Hall–Kier alpha value is -3.68. The topological polar surface area (TPSA) is 59.8 Å². The van der Waals surface area contributed by atoms with E-state index in [9.17, 15) is 9.50 Å². The maximum Gasteiger partial charge on any atom is 0.222 e. The van der Waals surface area contributed by atoms with E-state index in [0.29, 0.717) is 30.6 Å². The summed E-state index contributed by atoms with van der Waals surface area (Å²) in [6, 6.07) is 23.9. The molecule has 1 heterocycles. The van der Waals surface area contributed by atoms with Gasteiger partial charge in [-0.15, -0.1) is 0 Å². The molecule has 3 aromatic carbocycles. The zero-order valence-corrected chi connectivity index (χ0v) is 21.9. The van der Waals surface area contributed by atoms with Gasteiger partial charge in [0.1, 0.15) is 35.7 Å². The van der Waals surface area contributed by atoms with Gasteiger partial charge in [-0.05, 0) is 49.4 Å². The fourth-order valence-corrected chi connectivity index (χ4v) is 4.64. The summed E-state index contributed by atoms with van der Waals surface area (Å²) in [6.07, 6.45) is 1.72. The van der Waals surface area contributed by atoms with E-state index in [1.54, 1.807) is 16.8 Å². The van der Waals surface area contributed by atoms with Gasteiger partial charge in [-0.3, -0.25) is 4.90 Å². The maximum atomic E-state index is 13.9. The molecule has 5 rings (SSSR count). The molecule has 1 fully saturated rings. The first-order chi connectivity index (χ1) is 18.5. The molecule has 1 saturated carbocycles. The van der Waals surface area contributed by atoms with Crippen molar-refractivity contribution in [1.82, 2.24) is 14.7 Å². The first-order valence-corrected chi connectivity index (χ1v) is 13.1. The molecule has 0 aliphatic heterocycles. The number of benzene rings is 3. The molecule has 198 valence electrons. The molecule has 0 radical (unpaired) electrons. The Morgan fingerprint density at radius 3 is 2.55 bits per heavy atom. The summed E-state index contributed by atoms with van der Waals surface area (Å²) in [6.45, 7) is 4.04. The Morgan fingerprint density at radius 2 is 1.82 bits per heavy atom. The molecule has 4 aromatic rings. The third-order valence-corrected chi connectivity index (χ3v) is 6.73. The number of ether oxygens (including phenoxy) is 2. The fourth-order valence-electron chi connectivity index (χ4n) is 4.64. The molecular formula is C31H34FN3O3. The normalized spacial score (nSPS) is 14.0. The highest BCUT2D eigenvalue weighted by Crippen LogP contribution is 2.36. The Kier molecular flexibility index (Phi) is 8.05. The summed E-state index contributed by atoms with van der Waals surface area (Å²) in [5, 5.41) is 15.7. The molecule has 1 aliphatic rings. The van der Waals surface area contributed by atoms with Gasteiger partial charge in [-0.1, -0.05) is 54.6 Å². The third-order valence-electron chi connectivity index (χ3n) is 6.73. The fraction of sp³-hybridized carbons (Fsp3) is 0.323. The number of hydrogen-bond acceptors (Lipinski definition) is 5. The van der Waals surface area contributed by atoms with Crippen molar-refractivity contribution in [3.63, 3.8) is 0 Å². The van der Waals surface area contributed by atoms with E-state index < -0.39 is 6.10 Å². The molecule has 0 spiro atoms. The molecule has 0 bridgehead atoms. The molecule has 1 N–H and O–H groups in total. The van der Waals surface area contributed by atoms with Crippen LogP contribution in [0.15, 0.2) is 78.9 Å². The Morgan fingerprint density at radius 1 is 1.05 bits per heavy atom.